The molecule has 144 valence electrons. The summed E-state index contributed by atoms with van der Waals surface area (Å²) >= 11 is 0. The number of carbonyl (C=O) groups excluding carboxylic acids is 1. The Bertz CT molecular complexity index is 924. The van der Waals surface area contributed by atoms with E-state index in [1.165, 1.54) is 28.6 Å². The Morgan fingerprint density at radius 3 is 2.44 bits per heavy atom. The number of nitrogens with zero attached hydrogens (tertiary/aromatic N) is 2. The van der Waals surface area contributed by atoms with Crippen molar-refractivity contribution in [3.8, 4) is 5.75 Å². The van der Waals surface area contributed by atoms with Crippen molar-refractivity contribution in [2.75, 3.05) is 38.2 Å². The van der Waals surface area contributed by atoms with Crippen LogP contribution >= 0.6 is 0 Å². The molecule has 1 heterocycles. The first-order chi connectivity index (χ1) is 13.0. The molecule has 27 heavy (non-hydrogen) atoms. The maximum atomic E-state index is 12.9. The Balaban J connectivity index is 1.76. The summed E-state index contributed by atoms with van der Waals surface area (Å²) in [6.07, 6.45) is 0. The van der Waals surface area contributed by atoms with Crippen LogP contribution in [0.15, 0.2) is 53.4 Å². The van der Waals surface area contributed by atoms with Gasteiger partial charge in [0, 0.05) is 31.7 Å². The van der Waals surface area contributed by atoms with Crippen LogP contribution in [-0.2, 0) is 10.0 Å². The van der Waals surface area contributed by atoms with Crippen LogP contribution in [0.25, 0.3) is 0 Å². The largest absolute Gasteiger partial charge is 0.495 e. The third kappa shape index (κ3) is 3.90. The van der Waals surface area contributed by atoms with Crippen LogP contribution in [0.4, 0.5) is 5.69 Å². The van der Waals surface area contributed by atoms with E-state index in [-0.39, 0.29) is 10.5 Å². The number of rotatable bonds is 5. The number of hydrazine groups is 1. The Morgan fingerprint density at radius 2 is 1.78 bits per heavy atom. The van der Waals surface area contributed by atoms with Crippen LogP contribution in [0.1, 0.15) is 10.4 Å². The molecule has 1 aliphatic rings. The topological polar surface area (TPSA) is 105 Å². The zero-order valence-electron chi connectivity index (χ0n) is 15.0. The van der Waals surface area contributed by atoms with Crippen LogP contribution in [0, 0.1) is 0 Å². The normalized spacial score (nSPS) is 15.4. The van der Waals surface area contributed by atoms with E-state index in [0.29, 0.717) is 26.2 Å². The number of hydrogen-bond acceptors (Lipinski definition) is 6. The average molecular weight is 390 g/mol. The van der Waals surface area contributed by atoms with Crippen LogP contribution in [0.3, 0.4) is 0 Å². The highest BCUT2D eigenvalue weighted by Crippen LogP contribution is 2.29. The van der Waals surface area contributed by atoms with Crippen molar-refractivity contribution in [2.24, 2.45) is 5.84 Å². The Labute approximate surface area is 158 Å². The number of carbonyl (C=O) groups is 1. The fourth-order valence-corrected chi connectivity index (χ4v) is 4.56. The van der Waals surface area contributed by atoms with Crippen molar-refractivity contribution in [1.29, 1.82) is 0 Å². The lowest BCUT2D eigenvalue weighted by molar-refractivity contribution is 0.0953. The number of anilines is 1. The molecule has 1 aliphatic heterocycles. The average Bonchev–Trinajstić information content (AvgIpc) is 2.73. The summed E-state index contributed by atoms with van der Waals surface area (Å²) in [4.78, 5) is 13.8. The van der Waals surface area contributed by atoms with Crippen molar-refractivity contribution in [3.05, 3.63) is 54.1 Å². The first kappa shape index (κ1) is 19.2. The molecule has 1 amide bonds. The maximum absolute atomic E-state index is 12.9. The van der Waals surface area contributed by atoms with Crippen LogP contribution < -0.4 is 20.9 Å². The highest BCUT2D eigenvalue weighted by Gasteiger charge is 2.29. The highest BCUT2D eigenvalue weighted by atomic mass is 32.2. The van der Waals surface area contributed by atoms with Gasteiger partial charge in [-0.15, -0.1) is 0 Å². The molecular weight excluding hydrogens is 368 g/mol. The van der Waals surface area contributed by atoms with Crippen molar-refractivity contribution >= 4 is 21.6 Å². The van der Waals surface area contributed by atoms with Crippen molar-refractivity contribution in [1.82, 2.24) is 9.73 Å². The Morgan fingerprint density at radius 1 is 1.07 bits per heavy atom. The molecule has 2 aromatic rings. The van der Waals surface area contributed by atoms with E-state index in [4.69, 9.17) is 10.6 Å². The van der Waals surface area contributed by atoms with Gasteiger partial charge >= 0.3 is 0 Å². The second kappa shape index (κ2) is 7.95. The molecule has 0 aromatic heterocycles. The number of nitrogen functional groups attached to an aromatic ring is 1. The minimum Gasteiger partial charge on any atom is -0.495 e. The lowest BCUT2D eigenvalue weighted by atomic mass is 10.2. The predicted octanol–water partition coefficient (Wildman–Crippen LogP) is 0.810. The van der Waals surface area contributed by atoms with Gasteiger partial charge in [-0.2, -0.15) is 4.31 Å². The van der Waals surface area contributed by atoms with Crippen LogP contribution in [0.2, 0.25) is 0 Å². The highest BCUT2D eigenvalue weighted by molar-refractivity contribution is 7.89. The van der Waals surface area contributed by atoms with Gasteiger partial charge in [-0.25, -0.2) is 14.3 Å². The van der Waals surface area contributed by atoms with Gasteiger partial charge in [0.15, 0.2) is 0 Å². The number of nitrogens with one attached hydrogen (secondary N) is 1. The number of nitrogens with two attached hydrogens (primary N) is 1. The van der Waals surface area contributed by atoms with Crippen LogP contribution in [0.5, 0.6) is 5.75 Å². The summed E-state index contributed by atoms with van der Waals surface area (Å²) < 4.78 is 32.7. The van der Waals surface area contributed by atoms with Gasteiger partial charge in [-0.05, 0) is 30.3 Å². The molecule has 9 heteroatoms. The zero-order valence-corrected chi connectivity index (χ0v) is 15.8. The molecule has 3 N–H and O–H groups in total. The first-order valence-corrected chi connectivity index (χ1v) is 9.90. The molecule has 0 aliphatic carbocycles. The van der Waals surface area contributed by atoms with Crippen molar-refractivity contribution in [3.63, 3.8) is 0 Å². The zero-order chi connectivity index (χ0) is 19.4. The number of methoxy groups -OCH3 is 1. The van der Waals surface area contributed by atoms with E-state index in [1.54, 1.807) is 7.11 Å². The number of ether oxygens (including phenoxy) is 1. The molecule has 3 rings (SSSR count). The Kier molecular flexibility index (Phi) is 5.64. The minimum atomic E-state index is -3.69. The Hall–Kier alpha value is -2.62. The number of hydrogen-bond donors (Lipinski definition) is 2. The maximum Gasteiger partial charge on any atom is 0.265 e. The second-order valence-corrected chi connectivity index (χ2v) is 8.00. The van der Waals surface area contributed by atoms with Gasteiger partial charge in [-0.3, -0.25) is 10.2 Å². The molecule has 0 saturated carbocycles. The predicted molar refractivity (Wildman–Crippen MR) is 102 cm³/mol. The van der Waals surface area contributed by atoms with Gasteiger partial charge in [0.25, 0.3) is 5.91 Å². The molecule has 0 atom stereocenters. The summed E-state index contributed by atoms with van der Waals surface area (Å²) in [5.41, 5.74) is 3.15. The number of benzene rings is 2. The van der Waals surface area contributed by atoms with Crippen LogP contribution in [-0.4, -0.2) is 51.9 Å². The SMILES string of the molecule is COc1ccccc1N1CCN(S(=O)(=O)c2cccc(C(=O)NN)c2)CC1. The molecule has 1 fully saturated rings. The lowest BCUT2D eigenvalue weighted by Crippen LogP contribution is -2.48. The fraction of sp³-hybridized carbons (Fsp3) is 0.278. The third-order valence-electron chi connectivity index (χ3n) is 4.53. The van der Waals surface area contributed by atoms with E-state index in [1.807, 2.05) is 29.7 Å². The summed E-state index contributed by atoms with van der Waals surface area (Å²) in [6.45, 7) is 1.77. The van der Waals surface area contributed by atoms with E-state index < -0.39 is 15.9 Å². The van der Waals surface area contributed by atoms with E-state index in [0.717, 1.165) is 11.4 Å². The molecule has 8 nitrogen and oxygen atoms in total. The number of para-hydroxylation sites is 2. The summed E-state index contributed by atoms with van der Waals surface area (Å²) in [5.74, 6) is 5.35. The smallest absolute Gasteiger partial charge is 0.265 e. The minimum absolute atomic E-state index is 0.0781. The molecular formula is C18H22N4O4S. The monoisotopic (exact) mass is 390 g/mol. The number of sulfonamides is 1. The van der Waals surface area contributed by atoms with E-state index in [2.05, 4.69) is 4.90 Å². The summed E-state index contributed by atoms with van der Waals surface area (Å²) in [7, 11) is -2.08. The molecule has 1 saturated heterocycles. The molecule has 0 bridgehead atoms. The molecule has 0 spiro atoms. The fourth-order valence-electron chi connectivity index (χ4n) is 3.09. The molecule has 0 unspecified atom stereocenters. The van der Waals surface area contributed by atoms with Crippen molar-refractivity contribution < 1.29 is 17.9 Å². The standard InChI is InChI=1S/C18H22N4O4S/c1-26-17-8-3-2-7-16(17)21-9-11-22(12-10-21)27(24,25)15-6-4-5-14(13-15)18(23)20-19/h2-8,13H,9-12,19H2,1H3,(H,20,23). The lowest BCUT2D eigenvalue weighted by Gasteiger charge is -2.36. The summed E-state index contributed by atoms with van der Waals surface area (Å²) in [5, 5.41) is 0. The van der Waals surface area contributed by atoms with Gasteiger partial charge < -0.3 is 9.64 Å². The molecule has 0 radical (unpaired) electrons. The van der Waals surface area contributed by atoms with Crippen molar-refractivity contribution in [2.45, 2.75) is 4.90 Å². The number of amides is 1. The van der Waals surface area contributed by atoms with Gasteiger partial charge in [-0.1, -0.05) is 18.2 Å². The molecule has 2 aromatic carbocycles. The third-order valence-corrected chi connectivity index (χ3v) is 6.42. The van der Waals surface area contributed by atoms with Gasteiger partial charge in [0.2, 0.25) is 10.0 Å². The second-order valence-electron chi connectivity index (χ2n) is 6.06. The van der Waals surface area contributed by atoms with Gasteiger partial charge in [0.05, 0.1) is 17.7 Å². The number of piperazine rings is 1. The quantitative estimate of drug-likeness (QED) is 0.445. The van der Waals surface area contributed by atoms with E-state index >= 15 is 0 Å². The van der Waals surface area contributed by atoms with Gasteiger partial charge in [0.1, 0.15) is 5.75 Å². The summed E-state index contributed by atoms with van der Waals surface area (Å²) in [6, 6.07) is 13.5. The van der Waals surface area contributed by atoms with E-state index in [9.17, 15) is 13.2 Å². The first-order valence-electron chi connectivity index (χ1n) is 8.46.